The fraction of sp³-hybridized carbons (Fsp3) is 0.231. The molecule has 0 spiro atoms. The van der Waals surface area contributed by atoms with E-state index < -0.39 is 5.82 Å². The molecule has 1 aliphatic rings. The summed E-state index contributed by atoms with van der Waals surface area (Å²) in [5.74, 6) is -0.465. The van der Waals surface area contributed by atoms with Gasteiger partial charge in [0, 0.05) is 54.0 Å². The smallest absolute Gasteiger partial charge is 0.253 e. The molecule has 2 N–H and O–H groups in total. The molecule has 4 aromatic rings. The number of amides is 1. The number of halogens is 1. The number of nitriles is 1. The van der Waals surface area contributed by atoms with Gasteiger partial charge >= 0.3 is 0 Å². The first-order chi connectivity index (χ1) is 17.4. The standard InChI is InChI=1S/C26H24FN7O2/c1-16-13-19-21(31-16)7-8-22(23(19)27)36-25-20(14-28)24(29-15-30-25)32-18-5-3-17(4-6-18)26(35)34-11-9-33(2)10-12-34/h3-8,13,15,31H,9-12H2,1-2H3,(H,29,30,32). The molecule has 1 fully saturated rings. The number of anilines is 2. The number of fused-ring (bicyclic) bond motifs is 1. The van der Waals surface area contributed by atoms with Gasteiger partial charge in [-0.15, -0.1) is 0 Å². The summed E-state index contributed by atoms with van der Waals surface area (Å²) in [7, 11) is 2.04. The maximum absolute atomic E-state index is 15.0. The maximum Gasteiger partial charge on any atom is 0.253 e. The third kappa shape index (κ3) is 4.56. The van der Waals surface area contributed by atoms with Crippen molar-refractivity contribution in [3.8, 4) is 17.7 Å². The number of carbonyl (C=O) groups is 1. The molecule has 0 unspecified atom stereocenters. The highest BCUT2D eigenvalue weighted by Gasteiger charge is 2.21. The number of piperazine rings is 1. The van der Waals surface area contributed by atoms with Crippen LogP contribution in [0.25, 0.3) is 10.9 Å². The molecule has 5 rings (SSSR count). The Kier molecular flexibility index (Phi) is 6.23. The number of likely N-dealkylation sites (N-methyl/N-ethyl adjacent to an activating group) is 1. The van der Waals surface area contributed by atoms with E-state index in [1.165, 1.54) is 12.4 Å². The fourth-order valence-electron chi connectivity index (χ4n) is 4.14. The van der Waals surface area contributed by atoms with E-state index in [1.807, 2.05) is 24.9 Å². The van der Waals surface area contributed by atoms with Crippen molar-refractivity contribution < 1.29 is 13.9 Å². The predicted octanol–water partition coefficient (Wildman–Crippen LogP) is 4.20. The Labute approximate surface area is 207 Å². The van der Waals surface area contributed by atoms with Gasteiger partial charge in [0.2, 0.25) is 5.88 Å². The van der Waals surface area contributed by atoms with Gasteiger partial charge < -0.3 is 24.8 Å². The van der Waals surface area contributed by atoms with Crippen LogP contribution in [0.15, 0.2) is 48.8 Å². The minimum atomic E-state index is -0.547. The van der Waals surface area contributed by atoms with Gasteiger partial charge in [0.25, 0.3) is 5.91 Å². The van der Waals surface area contributed by atoms with Crippen molar-refractivity contribution in [2.45, 2.75) is 6.92 Å². The second-order valence-electron chi connectivity index (χ2n) is 8.71. The van der Waals surface area contributed by atoms with Gasteiger partial charge in [0.15, 0.2) is 22.9 Å². The zero-order chi connectivity index (χ0) is 25.2. The molecular weight excluding hydrogens is 461 g/mol. The lowest BCUT2D eigenvalue weighted by atomic mass is 10.1. The summed E-state index contributed by atoms with van der Waals surface area (Å²) >= 11 is 0. The Morgan fingerprint density at radius 3 is 2.61 bits per heavy atom. The monoisotopic (exact) mass is 485 g/mol. The van der Waals surface area contributed by atoms with Crippen LogP contribution in [-0.2, 0) is 0 Å². The van der Waals surface area contributed by atoms with Crippen LogP contribution >= 0.6 is 0 Å². The van der Waals surface area contributed by atoms with Gasteiger partial charge in [-0.3, -0.25) is 4.79 Å². The first kappa shape index (κ1) is 23.3. The maximum atomic E-state index is 15.0. The SMILES string of the molecule is Cc1cc2c(F)c(Oc3ncnc(Nc4ccc(C(=O)N5CCN(C)CC5)cc4)c3C#N)ccc2[nH]1. The van der Waals surface area contributed by atoms with Crippen LogP contribution in [0.3, 0.4) is 0 Å². The van der Waals surface area contributed by atoms with Gasteiger partial charge in [-0.25, -0.2) is 14.4 Å². The quantitative estimate of drug-likeness (QED) is 0.436. The Morgan fingerprint density at radius 1 is 1.14 bits per heavy atom. The summed E-state index contributed by atoms with van der Waals surface area (Å²) in [4.78, 5) is 28.1. The molecule has 36 heavy (non-hydrogen) atoms. The van der Waals surface area contributed by atoms with E-state index in [9.17, 15) is 14.4 Å². The molecule has 0 bridgehead atoms. The van der Waals surface area contributed by atoms with Crippen molar-refractivity contribution in [1.82, 2.24) is 24.8 Å². The Morgan fingerprint density at radius 2 is 1.89 bits per heavy atom. The summed E-state index contributed by atoms with van der Waals surface area (Å²) < 4.78 is 20.7. The first-order valence-corrected chi connectivity index (χ1v) is 11.5. The van der Waals surface area contributed by atoms with Crippen LogP contribution < -0.4 is 10.1 Å². The van der Waals surface area contributed by atoms with E-state index in [1.54, 1.807) is 36.4 Å². The number of carbonyl (C=O) groups excluding carboxylic acids is 1. The highest BCUT2D eigenvalue weighted by Crippen LogP contribution is 2.33. The summed E-state index contributed by atoms with van der Waals surface area (Å²) in [6.45, 7) is 4.93. The number of benzene rings is 2. The van der Waals surface area contributed by atoms with Gasteiger partial charge in [-0.2, -0.15) is 5.26 Å². The number of nitrogens with one attached hydrogen (secondary N) is 2. The number of H-pyrrole nitrogens is 1. The third-order valence-electron chi connectivity index (χ3n) is 6.15. The molecule has 9 nitrogen and oxygen atoms in total. The molecule has 2 aromatic carbocycles. The molecule has 0 radical (unpaired) electrons. The summed E-state index contributed by atoms with van der Waals surface area (Å²) in [6, 6.07) is 13.9. The topological polar surface area (TPSA) is 110 Å². The second kappa shape index (κ2) is 9.64. The van der Waals surface area contributed by atoms with Gasteiger partial charge in [0.05, 0.1) is 0 Å². The first-order valence-electron chi connectivity index (χ1n) is 11.5. The lowest BCUT2D eigenvalue weighted by molar-refractivity contribution is 0.0664. The van der Waals surface area contributed by atoms with E-state index in [-0.39, 0.29) is 28.9 Å². The Balaban J connectivity index is 1.35. The largest absolute Gasteiger partial charge is 0.434 e. The molecule has 2 aromatic heterocycles. The number of nitrogens with zero attached hydrogens (tertiary/aromatic N) is 5. The van der Waals surface area contributed by atoms with E-state index in [0.29, 0.717) is 35.2 Å². The van der Waals surface area contributed by atoms with Crippen molar-refractivity contribution in [1.29, 1.82) is 5.26 Å². The lowest BCUT2D eigenvalue weighted by Crippen LogP contribution is -2.47. The average molecular weight is 486 g/mol. The van der Waals surface area contributed by atoms with Crippen molar-refractivity contribution in [2.75, 3.05) is 38.5 Å². The zero-order valence-corrected chi connectivity index (χ0v) is 19.9. The van der Waals surface area contributed by atoms with Crippen molar-refractivity contribution in [3.63, 3.8) is 0 Å². The van der Waals surface area contributed by atoms with Crippen LogP contribution in [0.4, 0.5) is 15.9 Å². The van der Waals surface area contributed by atoms with Crippen LogP contribution in [-0.4, -0.2) is 63.9 Å². The fourth-order valence-corrected chi connectivity index (χ4v) is 4.14. The predicted molar refractivity (Wildman–Crippen MR) is 133 cm³/mol. The molecule has 0 saturated carbocycles. The molecule has 182 valence electrons. The van der Waals surface area contributed by atoms with Crippen LogP contribution in [0.1, 0.15) is 21.6 Å². The van der Waals surface area contributed by atoms with Crippen LogP contribution in [0.5, 0.6) is 11.6 Å². The number of hydrogen-bond acceptors (Lipinski definition) is 7. The summed E-state index contributed by atoms with van der Waals surface area (Å²) in [5.41, 5.74) is 2.71. The van der Waals surface area contributed by atoms with Crippen LogP contribution in [0, 0.1) is 24.1 Å². The van der Waals surface area contributed by atoms with Gasteiger partial charge in [0.1, 0.15) is 12.4 Å². The molecular formula is C26H24FN7O2. The number of rotatable bonds is 5. The van der Waals surface area contributed by atoms with Crippen molar-refractivity contribution >= 4 is 28.3 Å². The molecule has 1 aliphatic heterocycles. The summed E-state index contributed by atoms with van der Waals surface area (Å²) in [5, 5.41) is 13.2. The third-order valence-corrected chi connectivity index (χ3v) is 6.15. The lowest BCUT2D eigenvalue weighted by Gasteiger charge is -2.32. The normalized spacial score (nSPS) is 14.0. The Bertz CT molecular complexity index is 1470. The molecule has 3 heterocycles. The summed E-state index contributed by atoms with van der Waals surface area (Å²) in [6.07, 6.45) is 1.24. The van der Waals surface area contributed by atoms with E-state index in [4.69, 9.17) is 4.74 Å². The number of ether oxygens (including phenoxy) is 1. The second-order valence-corrected chi connectivity index (χ2v) is 8.71. The van der Waals surface area contributed by atoms with E-state index >= 15 is 0 Å². The van der Waals surface area contributed by atoms with Crippen LogP contribution in [0.2, 0.25) is 0 Å². The van der Waals surface area contributed by atoms with Crippen molar-refractivity contribution in [2.24, 2.45) is 0 Å². The average Bonchev–Trinajstić information content (AvgIpc) is 3.27. The molecule has 0 atom stereocenters. The minimum Gasteiger partial charge on any atom is -0.434 e. The van der Waals surface area contributed by atoms with Gasteiger partial charge in [-0.1, -0.05) is 0 Å². The number of aryl methyl sites for hydroxylation is 1. The number of aromatic nitrogens is 3. The molecule has 0 aliphatic carbocycles. The van der Waals surface area contributed by atoms with Gasteiger partial charge in [-0.05, 0) is 56.4 Å². The van der Waals surface area contributed by atoms with E-state index in [2.05, 4.69) is 25.2 Å². The molecule has 10 heteroatoms. The van der Waals surface area contributed by atoms with Crippen molar-refractivity contribution in [3.05, 3.63) is 71.4 Å². The van der Waals surface area contributed by atoms with E-state index in [0.717, 1.165) is 18.8 Å². The molecule has 1 saturated heterocycles. The number of hydrogen-bond donors (Lipinski definition) is 2. The molecule has 1 amide bonds. The number of aromatic amines is 1. The Hall–Kier alpha value is -4.49. The zero-order valence-electron chi connectivity index (χ0n) is 19.9. The highest BCUT2D eigenvalue weighted by molar-refractivity contribution is 5.94. The minimum absolute atomic E-state index is 0.0123. The highest BCUT2D eigenvalue weighted by atomic mass is 19.1.